The first-order chi connectivity index (χ1) is 12.6. The summed E-state index contributed by atoms with van der Waals surface area (Å²) in [6.07, 6.45) is 8.65. The molecule has 0 spiro atoms. The van der Waals surface area contributed by atoms with Gasteiger partial charge in [-0.25, -0.2) is 4.98 Å². The van der Waals surface area contributed by atoms with E-state index in [2.05, 4.69) is 10.3 Å². The summed E-state index contributed by atoms with van der Waals surface area (Å²) in [6.45, 7) is 1.24. The molecular formula is C20H17Cl2N3O. The Labute approximate surface area is 162 Å². The quantitative estimate of drug-likeness (QED) is 0.631. The SMILES string of the molecule is O=C(/C=C/c1ccc(Cl)c(Cl)c1)NCc1ccc(Cn2ccnc2)cc1. The number of rotatable bonds is 6. The normalized spacial score (nSPS) is 11.0. The maximum atomic E-state index is 12.0. The highest BCUT2D eigenvalue weighted by atomic mass is 35.5. The first-order valence-electron chi connectivity index (χ1n) is 8.05. The van der Waals surface area contributed by atoms with Crippen molar-refractivity contribution in [1.82, 2.24) is 14.9 Å². The summed E-state index contributed by atoms with van der Waals surface area (Å²) in [6, 6.07) is 13.3. The molecule has 0 fully saturated rings. The standard InChI is InChI=1S/C20H17Cl2N3O/c21-18-7-5-15(11-19(18)22)6-8-20(26)24-12-16-1-3-17(4-2-16)13-25-10-9-23-14-25/h1-11,14H,12-13H2,(H,24,26)/b8-6+. The van der Waals surface area contributed by atoms with E-state index in [1.165, 1.54) is 11.6 Å². The van der Waals surface area contributed by atoms with Crippen LogP contribution in [0.1, 0.15) is 16.7 Å². The van der Waals surface area contributed by atoms with Crippen molar-refractivity contribution >= 4 is 35.2 Å². The zero-order chi connectivity index (χ0) is 18.4. The molecular weight excluding hydrogens is 369 g/mol. The molecule has 2 aromatic carbocycles. The predicted molar refractivity (Wildman–Crippen MR) is 105 cm³/mol. The summed E-state index contributed by atoms with van der Waals surface area (Å²) in [5, 5.41) is 3.81. The molecule has 1 N–H and O–H groups in total. The second-order valence-corrected chi connectivity index (χ2v) is 6.59. The molecule has 1 heterocycles. The number of hydrogen-bond acceptors (Lipinski definition) is 2. The molecule has 0 atom stereocenters. The summed E-state index contributed by atoms with van der Waals surface area (Å²) in [4.78, 5) is 16.0. The molecule has 0 aliphatic rings. The van der Waals surface area contributed by atoms with Crippen LogP contribution in [0, 0.1) is 0 Å². The van der Waals surface area contributed by atoms with Crippen molar-refractivity contribution in [3.63, 3.8) is 0 Å². The molecule has 4 nitrogen and oxygen atoms in total. The number of nitrogens with one attached hydrogen (secondary N) is 1. The van der Waals surface area contributed by atoms with Gasteiger partial charge in [-0.05, 0) is 34.9 Å². The third kappa shape index (κ3) is 5.22. The van der Waals surface area contributed by atoms with Gasteiger partial charge in [0.15, 0.2) is 0 Å². The number of amides is 1. The molecule has 3 aromatic rings. The van der Waals surface area contributed by atoms with Gasteiger partial charge in [0.05, 0.1) is 16.4 Å². The van der Waals surface area contributed by atoms with E-state index >= 15 is 0 Å². The predicted octanol–water partition coefficient (Wildman–Crippen LogP) is 4.57. The summed E-state index contributed by atoms with van der Waals surface area (Å²) >= 11 is 11.8. The van der Waals surface area contributed by atoms with Crippen molar-refractivity contribution in [2.45, 2.75) is 13.1 Å². The zero-order valence-electron chi connectivity index (χ0n) is 13.9. The van der Waals surface area contributed by atoms with Crippen LogP contribution in [0.5, 0.6) is 0 Å². The van der Waals surface area contributed by atoms with Gasteiger partial charge in [0.2, 0.25) is 5.91 Å². The average molecular weight is 386 g/mol. The number of aromatic nitrogens is 2. The van der Waals surface area contributed by atoms with Crippen molar-refractivity contribution in [1.29, 1.82) is 0 Å². The lowest BCUT2D eigenvalue weighted by atomic mass is 10.1. The smallest absolute Gasteiger partial charge is 0.244 e. The molecule has 26 heavy (non-hydrogen) atoms. The lowest BCUT2D eigenvalue weighted by Crippen LogP contribution is -2.20. The highest BCUT2D eigenvalue weighted by Crippen LogP contribution is 2.23. The Morgan fingerprint density at radius 1 is 1.08 bits per heavy atom. The van der Waals surface area contributed by atoms with Gasteiger partial charge in [0.25, 0.3) is 0 Å². The number of benzene rings is 2. The number of carbonyl (C=O) groups is 1. The molecule has 6 heteroatoms. The Morgan fingerprint density at radius 2 is 1.85 bits per heavy atom. The van der Waals surface area contributed by atoms with E-state index in [9.17, 15) is 4.79 Å². The summed E-state index contributed by atoms with van der Waals surface area (Å²) in [5.74, 6) is -0.168. The lowest BCUT2D eigenvalue weighted by Gasteiger charge is -2.06. The molecule has 0 saturated carbocycles. The van der Waals surface area contributed by atoms with Gasteiger partial charge in [-0.3, -0.25) is 4.79 Å². The maximum Gasteiger partial charge on any atom is 0.244 e. The molecule has 132 valence electrons. The van der Waals surface area contributed by atoms with Crippen molar-refractivity contribution < 1.29 is 4.79 Å². The fraction of sp³-hybridized carbons (Fsp3) is 0.100. The number of hydrogen-bond donors (Lipinski definition) is 1. The Balaban J connectivity index is 1.50. The van der Waals surface area contributed by atoms with Crippen LogP contribution >= 0.6 is 23.2 Å². The average Bonchev–Trinajstić information content (AvgIpc) is 3.15. The summed E-state index contributed by atoms with van der Waals surface area (Å²) in [7, 11) is 0. The fourth-order valence-corrected chi connectivity index (χ4v) is 2.70. The Morgan fingerprint density at radius 3 is 2.54 bits per heavy atom. The lowest BCUT2D eigenvalue weighted by molar-refractivity contribution is -0.116. The van der Waals surface area contributed by atoms with Gasteiger partial charge in [-0.1, -0.05) is 53.5 Å². The molecule has 0 radical (unpaired) electrons. The zero-order valence-corrected chi connectivity index (χ0v) is 15.4. The van der Waals surface area contributed by atoms with Crippen LogP contribution in [-0.2, 0) is 17.9 Å². The number of imidazole rings is 1. The summed E-state index contributed by atoms with van der Waals surface area (Å²) in [5.41, 5.74) is 3.03. The number of halogens is 2. The van der Waals surface area contributed by atoms with Crippen molar-refractivity contribution in [2.75, 3.05) is 0 Å². The van der Waals surface area contributed by atoms with E-state index in [0.29, 0.717) is 16.6 Å². The molecule has 0 aliphatic carbocycles. The van der Waals surface area contributed by atoms with Gasteiger partial charge in [0, 0.05) is 31.6 Å². The minimum atomic E-state index is -0.168. The summed E-state index contributed by atoms with van der Waals surface area (Å²) < 4.78 is 2.00. The number of carbonyl (C=O) groups excluding carboxylic acids is 1. The largest absolute Gasteiger partial charge is 0.348 e. The van der Waals surface area contributed by atoms with E-state index < -0.39 is 0 Å². The first kappa shape index (κ1) is 18.2. The minimum absolute atomic E-state index is 0.168. The van der Waals surface area contributed by atoms with Gasteiger partial charge >= 0.3 is 0 Å². The molecule has 0 aliphatic heterocycles. The highest BCUT2D eigenvalue weighted by molar-refractivity contribution is 6.42. The van der Waals surface area contributed by atoms with E-state index in [1.807, 2.05) is 35.0 Å². The second-order valence-electron chi connectivity index (χ2n) is 5.78. The topological polar surface area (TPSA) is 46.9 Å². The van der Waals surface area contributed by atoms with E-state index in [1.54, 1.807) is 36.8 Å². The molecule has 1 aromatic heterocycles. The van der Waals surface area contributed by atoms with Crippen molar-refractivity contribution in [3.05, 3.63) is 94.0 Å². The van der Waals surface area contributed by atoms with Crippen molar-refractivity contribution in [3.8, 4) is 0 Å². The van der Waals surface area contributed by atoms with Gasteiger partial charge in [-0.2, -0.15) is 0 Å². The molecule has 0 unspecified atom stereocenters. The van der Waals surface area contributed by atoms with Crippen LogP contribution in [0.2, 0.25) is 10.0 Å². The molecule has 0 saturated heterocycles. The number of nitrogens with zero attached hydrogens (tertiary/aromatic N) is 2. The monoisotopic (exact) mass is 385 g/mol. The van der Waals surface area contributed by atoms with Gasteiger partial charge < -0.3 is 9.88 Å². The molecule has 1 amide bonds. The van der Waals surface area contributed by atoms with Crippen molar-refractivity contribution in [2.24, 2.45) is 0 Å². The second kappa shape index (κ2) is 8.70. The Bertz CT molecular complexity index is 903. The van der Waals surface area contributed by atoms with Crippen LogP contribution in [0.15, 0.2) is 67.3 Å². The third-order valence-corrected chi connectivity index (χ3v) is 4.52. The Hall–Kier alpha value is -2.56. The maximum absolute atomic E-state index is 12.0. The molecule has 3 rings (SSSR count). The Kier molecular flexibility index (Phi) is 6.10. The van der Waals surface area contributed by atoms with Crippen LogP contribution in [0.4, 0.5) is 0 Å². The van der Waals surface area contributed by atoms with Crippen LogP contribution in [-0.4, -0.2) is 15.5 Å². The van der Waals surface area contributed by atoms with Crippen LogP contribution in [0.25, 0.3) is 6.08 Å². The van der Waals surface area contributed by atoms with E-state index in [0.717, 1.165) is 17.7 Å². The van der Waals surface area contributed by atoms with E-state index in [4.69, 9.17) is 23.2 Å². The first-order valence-corrected chi connectivity index (χ1v) is 8.80. The third-order valence-electron chi connectivity index (χ3n) is 3.78. The van der Waals surface area contributed by atoms with E-state index in [-0.39, 0.29) is 5.91 Å². The fourth-order valence-electron chi connectivity index (χ4n) is 2.39. The van der Waals surface area contributed by atoms with Crippen LogP contribution in [0.3, 0.4) is 0 Å². The van der Waals surface area contributed by atoms with Crippen LogP contribution < -0.4 is 5.32 Å². The van der Waals surface area contributed by atoms with Gasteiger partial charge in [-0.15, -0.1) is 0 Å². The highest BCUT2D eigenvalue weighted by Gasteiger charge is 2.00. The van der Waals surface area contributed by atoms with Gasteiger partial charge in [0.1, 0.15) is 0 Å². The minimum Gasteiger partial charge on any atom is -0.348 e. The molecule has 0 bridgehead atoms.